The summed E-state index contributed by atoms with van der Waals surface area (Å²) in [6.07, 6.45) is 9.17. The number of nitrogens with zero attached hydrogens (tertiary/aromatic N) is 3. The van der Waals surface area contributed by atoms with Crippen LogP contribution in [0.2, 0.25) is 0 Å². The van der Waals surface area contributed by atoms with Gasteiger partial charge in [0, 0.05) is 34.4 Å². The average molecular weight is 702 g/mol. The van der Waals surface area contributed by atoms with Crippen molar-refractivity contribution >= 4 is 59.8 Å². The lowest BCUT2D eigenvalue weighted by atomic mass is 9.85. The van der Waals surface area contributed by atoms with Gasteiger partial charge in [-0.2, -0.15) is 0 Å². The zero-order valence-electron chi connectivity index (χ0n) is 30.1. The minimum atomic E-state index is 0.0115. The first kappa shape index (κ1) is 31.4. The van der Waals surface area contributed by atoms with E-state index < -0.39 is 0 Å². The van der Waals surface area contributed by atoms with Crippen molar-refractivity contribution in [3.63, 3.8) is 0 Å². The van der Waals surface area contributed by atoms with Gasteiger partial charge < -0.3 is 4.57 Å². The Balaban J connectivity index is 1.02. The molecule has 258 valence electrons. The van der Waals surface area contributed by atoms with Gasteiger partial charge in [-0.25, -0.2) is 0 Å². The van der Waals surface area contributed by atoms with Gasteiger partial charge in [-0.3, -0.25) is 9.98 Å². The molecule has 0 N–H and O–H groups in total. The first-order chi connectivity index (χ1) is 27.3. The molecule has 0 amide bonds. The highest BCUT2D eigenvalue weighted by Crippen LogP contribution is 2.45. The first-order valence-electron chi connectivity index (χ1n) is 19.0. The van der Waals surface area contributed by atoms with Crippen LogP contribution >= 0.6 is 0 Å². The van der Waals surface area contributed by atoms with Gasteiger partial charge in [0.15, 0.2) is 0 Å². The molecule has 0 saturated carbocycles. The zero-order chi connectivity index (χ0) is 36.3. The summed E-state index contributed by atoms with van der Waals surface area (Å²) in [6, 6.07) is 61.8. The van der Waals surface area contributed by atoms with Gasteiger partial charge in [0.25, 0.3) is 0 Å². The Morgan fingerprint density at radius 1 is 0.473 bits per heavy atom. The number of para-hydroxylation sites is 1. The summed E-state index contributed by atoms with van der Waals surface area (Å²) in [6.45, 7) is 0. The second kappa shape index (κ2) is 12.8. The van der Waals surface area contributed by atoms with Crippen molar-refractivity contribution in [2.24, 2.45) is 4.99 Å². The number of dihydropyridines is 1. The van der Waals surface area contributed by atoms with E-state index in [0.29, 0.717) is 0 Å². The van der Waals surface area contributed by atoms with Crippen molar-refractivity contribution < 1.29 is 0 Å². The molecule has 1 aliphatic rings. The number of hydrogen-bond donors (Lipinski definition) is 0. The largest absolute Gasteiger partial charge is 0.309 e. The van der Waals surface area contributed by atoms with Crippen LogP contribution < -0.4 is 0 Å². The summed E-state index contributed by atoms with van der Waals surface area (Å²) >= 11 is 0. The molecule has 2 aromatic heterocycles. The lowest BCUT2D eigenvalue weighted by Crippen LogP contribution is -2.07. The summed E-state index contributed by atoms with van der Waals surface area (Å²) < 4.78 is 2.32. The molecule has 0 radical (unpaired) electrons. The molecule has 55 heavy (non-hydrogen) atoms. The van der Waals surface area contributed by atoms with E-state index in [4.69, 9.17) is 4.99 Å². The Kier molecular flexibility index (Phi) is 7.31. The van der Waals surface area contributed by atoms with Crippen LogP contribution in [0.25, 0.3) is 82.1 Å². The molecule has 8 aromatic carbocycles. The van der Waals surface area contributed by atoms with E-state index in [2.05, 4.69) is 192 Å². The molecule has 0 bridgehead atoms. The first-order valence-corrected chi connectivity index (χ1v) is 19.0. The van der Waals surface area contributed by atoms with Crippen LogP contribution in [0.5, 0.6) is 0 Å². The zero-order valence-corrected chi connectivity index (χ0v) is 30.1. The van der Waals surface area contributed by atoms with Crippen LogP contribution in [0.1, 0.15) is 23.6 Å². The lowest BCUT2D eigenvalue weighted by Gasteiger charge is -2.20. The molecule has 3 heterocycles. The third kappa shape index (κ3) is 5.20. The SMILES string of the molecule is C1=CC(c2ccc3c(c2)c2cnccc2n3-c2ccccc2)=NC(c2cccc(-c3c4ccccc4c(-c4ccc5ccccc5c4)c4ccccc34)c2)C1. The van der Waals surface area contributed by atoms with Crippen LogP contribution in [0, 0.1) is 0 Å². The fourth-order valence-electron chi connectivity index (χ4n) is 8.83. The Hall–Kier alpha value is -7.10. The quantitative estimate of drug-likeness (QED) is 0.164. The summed E-state index contributed by atoms with van der Waals surface area (Å²) in [5, 5.41) is 9.86. The molecular weight excluding hydrogens is 667 g/mol. The summed E-state index contributed by atoms with van der Waals surface area (Å²) in [5.74, 6) is 0. The second-order valence-corrected chi connectivity index (χ2v) is 14.5. The highest BCUT2D eigenvalue weighted by Gasteiger charge is 2.20. The van der Waals surface area contributed by atoms with Crippen LogP contribution in [-0.4, -0.2) is 15.3 Å². The van der Waals surface area contributed by atoms with Crippen molar-refractivity contribution in [2.75, 3.05) is 0 Å². The summed E-state index contributed by atoms with van der Waals surface area (Å²) in [5.41, 5.74) is 11.8. The minimum absolute atomic E-state index is 0.0115. The van der Waals surface area contributed by atoms with E-state index in [0.717, 1.165) is 39.8 Å². The van der Waals surface area contributed by atoms with Gasteiger partial charge in [-0.05, 0) is 115 Å². The molecule has 11 rings (SSSR count). The van der Waals surface area contributed by atoms with Crippen molar-refractivity contribution in [1.29, 1.82) is 0 Å². The highest BCUT2D eigenvalue weighted by molar-refractivity contribution is 6.22. The van der Waals surface area contributed by atoms with Crippen LogP contribution in [-0.2, 0) is 0 Å². The summed E-state index contributed by atoms with van der Waals surface area (Å²) in [4.78, 5) is 9.93. The van der Waals surface area contributed by atoms with Crippen LogP contribution in [0.4, 0.5) is 0 Å². The molecule has 0 spiro atoms. The molecule has 1 atom stereocenters. The predicted octanol–water partition coefficient (Wildman–Crippen LogP) is 13.5. The molecule has 1 unspecified atom stereocenters. The normalized spacial score (nSPS) is 14.3. The Bertz CT molecular complexity index is 3130. The maximum absolute atomic E-state index is 5.42. The average Bonchev–Trinajstić information content (AvgIpc) is 3.59. The fourth-order valence-corrected chi connectivity index (χ4v) is 8.83. The van der Waals surface area contributed by atoms with Gasteiger partial charge in [-0.15, -0.1) is 0 Å². The number of fused-ring (bicyclic) bond motifs is 6. The number of benzene rings is 8. The topological polar surface area (TPSA) is 30.2 Å². The second-order valence-electron chi connectivity index (χ2n) is 14.5. The molecule has 3 heteroatoms. The van der Waals surface area contributed by atoms with Crippen molar-refractivity contribution in [3.05, 3.63) is 206 Å². The van der Waals surface area contributed by atoms with E-state index in [1.54, 1.807) is 0 Å². The summed E-state index contributed by atoms with van der Waals surface area (Å²) in [7, 11) is 0. The van der Waals surface area contributed by atoms with E-state index in [-0.39, 0.29) is 6.04 Å². The van der Waals surface area contributed by atoms with Crippen molar-refractivity contribution in [2.45, 2.75) is 12.5 Å². The Morgan fingerprint density at radius 3 is 1.89 bits per heavy atom. The molecule has 1 aliphatic heterocycles. The Labute approximate surface area is 319 Å². The van der Waals surface area contributed by atoms with Crippen molar-refractivity contribution in [1.82, 2.24) is 9.55 Å². The van der Waals surface area contributed by atoms with E-state index in [9.17, 15) is 0 Å². The highest BCUT2D eigenvalue weighted by atomic mass is 15.0. The molecular formula is C52H35N3. The van der Waals surface area contributed by atoms with E-state index >= 15 is 0 Å². The molecule has 10 aromatic rings. The number of pyridine rings is 1. The molecule has 3 nitrogen and oxygen atoms in total. The standard InChI is InChI=1S/C52H35N3/c1-2-16-40(17-3-1)55-49-27-26-37(32-45(49)46-33-53-29-28-50(46)55)48-23-11-22-47(54-48)36-14-10-15-38(31-36)51-41-18-6-8-20-43(41)52(44-21-9-7-19-42(44)51)39-25-24-34-12-4-5-13-35(34)30-39/h1-21,23-33,47H,22H2. The van der Waals surface area contributed by atoms with Gasteiger partial charge in [0.05, 0.1) is 22.8 Å². The monoisotopic (exact) mass is 701 g/mol. The third-order valence-corrected chi connectivity index (χ3v) is 11.3. The molecule has 0 saturated heterocycles. The van der Waals surface area contributed by atoms with Crippen molar-refractivity contribution in [3.8, 4) is 27.9 Å². The van der Waals surface area contributed by atoms with E-state index in [1.807, 2.05) is 12.4 Å². The Morgan fingerprint density at radius 2 is 1.13 bits per heavy atom. The predicted molar refractivity (Wildman–Crippen MR) is 231 cm³/mol. The maximum atomic E-state index is 5.42. The maximum Gasteiger partial charge on any atom is 0.0791 e. The number of aliphatic imine (C=N–C) groups is 1. The number of aromatic nitrogens is 2. The van der Waals surface area contributed by atoms with E-state index in [1.165, 1.54) is 65.5 Å². The van der Waals surface area contributed by atoms with Gasteiger partial charge in [0.1, 0.15) is 0 Å². The number of rotatable bonds is 5. The number of hydrogen-bond acceptors (Lipinski definition) is 2. The van der Waals surface area contributed by atoms with Crippen LogP contribution in [0.3, 0.4) is 0 Å². The molecule has 0 fully saturated rings. The van der Waals surface area contributed by atoms with Crippen LogP contribution in [0.15, 0.2) is 199 Å². The lowest BCUT2D eigenvalue weighted by molar-refractivity contribution is 0.737. The van der Waals surface area contributed by atoms with Gasteiger partial charge >= 0.3 is 0 Å². The van der Waals surface area contributed by atoms with Gasteiger partial charge in [0.2, 0.25) is 0 Å². The fraction of sp³-hybridized carbons (Fsp3) is 0.0385. The smallest absolute Gasteiger partial charge is 0.0791 e. The van der Waals surface area contributed by atoms with Gasteiger partial charge in [-0.1, -0.05) is 133 Å². The minimum Gasteiger partial charge on any atom is -0.309 e. The third-order valence-electron chi connectivity index (χ3n) is 11.3. The number of allylic oxidation sites excluding steroid dienone is 1. The molecule has 0 aliphatic carbocycles.